The molecule has 1 heterocycles. The Morgan fingerprint density at radius 1 is 1.14 bits per heavy atom. The zero-order valence-corrected chi connectivity index (χ0v) is 15.3. The lowest BCUT2D eigenvalue weighted by Gasteiger charge is -2.40. The highest BCUT2D eigenvalue weighted by Gasteiger charge is 2.36. The van der Waals surface area contributed by atoms with Gasteiger partial charge in [0.05, 0.1) is 0 Å². The number of likely N-dealkylation sites (N-methyl/N-ethyl adjacent to an activating group) is 1. The highest BCUT2D eigenvalue weighted by atomic mass is 32.2. The summed E-state index contributed by atoms with van der Waals surface area (Å²) in [7, 11) is 0.829. The quantitative estimate of drug-likeness (QED) is 0.786. The Morgan fingerprint density at radius 2 is 1.77 bits per heavy atom. The van der Waals surface area contributed by atoms with E-state index in [4.69, 9.17) is 0 Å². The standard InChI is InChI=1S/C16H33N3O2S/c1-15-9-8-12-19(13-15)22(20,21)17-14-16(18(2)3)10-6-4-5-7-11-16/h15,17H,4-14H2,1-3H3. The zero-order chi connectivity index (χ0) is 16.2. The van der Waals surface area contributed by atoms with Gasteiger partial charge in [0.15, 0.2) is 0 Å². The van der Waals surface area contributed by atoms with E-state index in [1.165, 1.54) is 25.7 Å². The van der Waals surface area contributed by atoms with Gasteiger partial charge in [-0.25, -0.2) is 4.72 Å². The van der Waals surface area contributed by atoms with Crippen molar-refractivity contribution in [3.8, 4) is 0 Å². The van der Waals surface area contributed by atoms with Gasteiger partial charge in [-0.3, -0.25) is 0 Å². The number of piperidine rings is 1. The van der Waals surface area contributed by atoms with Gasteiger partial charge in [-0.1, -0.05) is 32.6 Å². The predicted octanol–water partition coefficient (Wildman–Crippen LogP) is 2.21. The molecule has 0 spiro atoms. The maximum atomic E-state index is 12.6. The Balaban J connectivity index is 2.01. The van der Waals surface area contributed by atoms with Crippen molar-refractivity contribution in [1.82, 2.24) is 13.9 Å². The third-order valence-corrected chi connectivity index (χ3v) is 7.05. The smallest absolute Gasteiger partial charge is 0.279 e. The summed E-state index contributed by atoms with van der Waals surface area (Å²) in [6.07, 6.45) is 9.20. The molecule has 2 fully saturated rings. The van der Waals surface area contributed by atoms with E-state index < -0.39 is 10.2 Å². The summed E-state index contributed by atoms with van der Waals surface area (Å²) >= 11 is 0. The van der Waals surface area contributed by atoms with E-state index >= 15 is 0 Å². The van der Waals surface area contributed by atoms with E-state index in [1.54, 1.807) is 4.31 Å². The number of nitrogens with zero attached hydrogens (tertiary/aromatic N) is 2. The SMILES string of the molecule is CC1CCCN(S(=O)(=O)NCC2(N(C)C)CCCCCC2)C1. The van der Waals surface area contributed by atoms with Crippen LogP contribution in [0.2, 0.25) is 0 Å². The lowest BCUT2D eigenvalue weighted by Crippen LogP contribution is -2.55. The Morgan fingerprint density at radius 3 is 2.32 bits per heavy atom. The van der Waals surface area contributed by atoms with Crippen LogP contribution in [-0.4, -0.2) is 56.9 Å². The second-order valence-corrected chi connectivity index (χ2v) is 9.22. The first kappa shape index (κ1) is 18.2. The minimum Gasteiger partial charge on any atom is -0.302 e. The Hall–Kier alpha value is -0.170. The molecule has 0 aromatic heterocycles. The van der Waals surface area contributed by atoms with Crippen molar-refractivity contribution in [1.29, 1.82) is 0 Å². The molecule has 2 aliphatic rings. The fourth-order valence-electron chi connectivity index (χ4n) is 3.85. The lowest BCUT2D eigenvalue weighted by atomic mass is 9.89. The molecule has 1 atom stereocenters. The van der Waals surface area contributed by atoms with E-state index in [2.05, 4.69) is 30.6 Å². The maximum Gasteiger partial charge on any atom is 0.279 e. The minimum absolute atomic E-state index is 0.0228. The molecule has 1 saturated heterocycles. The topological polar surface area (TPSA) is 52.7 Å². The molecule has 2 rings (SSSR count). The monoisotopic (exact) mass is 331 g/mol. The lowest BCUT2D eigenvalue weighted by molar-refractivity contribution is 0.132. The molecular weight excluding hydrogens is 298 g/mol. The largest absolute Gasteiger partial charge is 0.302 e. The van der Waals surface area contributed by atoms with Crippen molar-refractivity contribution in [3.63, 3.8) is 0 Å². The van der Waals surface area contributed by atoms with E-state index in [-0.39, 0.29) is 5.54 Å². The third-order valence-electron chi connectivity index (χ3n) is 5.53. The first-order chi connectivity index (χ1) is 10.4. The van der Waals surface area contributed by atoms with Gasteiger partial charge in [-0.15, -0.1) is 0 Å². The van der Waals surface area contributed by atoms with Gasteiger partial charge >= 0.3 is 0 Å². The number of nitrogens with one attached hydrogen (secondary N) is 1. The summed E-state index contributed by atoms with van der Waals surface area (Å²) in [4.78, 5) is 2.24. The third kappa shape index (κ3) is 4.43. The van der Waals surface area contributed by atoms with Gasteiger partial charge < -0.3 is 4.90 Å². The van der Waals surface area contributed by atoms with Gasteiger partial charge in [-0.05, 0) is 45.7 Å². The molecule has 0 radical (unpaired) electrons. The molecule has 0 aromatic rings. The Labute approximate surface area is 136 Å². The summed E-state index contributed by atoms with van der Waals surface area (Å²) < 4.78 is 29.8. The van der Waals surface area contributed by atoms with Crippen LogP contribution in [0.15, 0.2) is 0 Å². The molecule has 0 amide bonds. The molecule has 0 bridgehead atoms. The van der Waals surface area contributed by atoms with E-state index in [1.807, 2.05) is 0 Å². The Kier molecular flexibility index (Phi) is 6.28. The maximum absolute atomic E-state index is 12.6. The highest BCUT2D eigenvalue weighted by Crippen LogP contribution is 2.31. The summed E-state index contributed by atoms with van der Waals surface area (Å²) in [5.41, 5.74) is -0.0228. The van der Waals surface area contributed by atoms with Crippen molar-refractivity contribution < 1.29 is 8.42 Å². The van der Waals surface area contributed by atoms with Crippen molar-refractivity contribution in [2.45, 2.75) is 63.8 Å². The van der Waals surface area contributed by atoms with Crippen molar-refractivity contribution in [2.75, 3.05) is 33.7 Å². The van der Waals surface area contributed by atoms with Crippen molar-refractivity contribution in [2.24, 2.45) is 5.92 Å². The molecule has 1 aliphatic carbocycles. The van der Waals surface area contributed by atoms with Crippen molar-refractivity contribution in [3.05, 3.63) is 0 Å². The molecule has 1 saturated carbocycles. The summed E-state index contributed by atoms with van der Waals surface area (Å²) in [6, 6.07) is 0. The first-order valence-corrected chi connectivity index (χ1v) is 10.2. The van der Waals surface area contributed by atoms with Gasteiger partial charge in [-0.2, -0.15) is 12.7 Å². The number of hydrogen-bond donors (Lipinski definition) is 1. The number of rotatable bonds is 5. The van der Waals surface area contributed by atoms with E-state index in [9.17, 15) is 8.42 Å². The Bertz CT molecular complexity index is 442. The molecule has 1 aliphatic heterocycles. The second-order valence-electron chi connectivity index (χ2n) is 7.46. The second kappa shape index (κ2) is 7.60. The molecular formula is C16H33N3O2S. The van der Waals surface area contributed by atoms with Crippen LogP contribution in [0.5, 0.6) is 0 Å². The fourth-order valence-corrected chi connectivity index (χ4v) is 5.30. The van der Waals surface area contributed by atoms with Crippen LogP contribution in [0, 0.1) is 5.92 Å². The van der Waals surface area contributed by atoms with Gasteiger partial charge in [0.2, 0.25) is 0 Å². The van der Waals surface area contributed by atoms with Crippen molar-refractivity contribution >= 4 is 10.2 Å². The van der Waals surface area contributed by atoms with Crippen LogP contribution in [-0.2, 0) is 10.2 Å². The minimum atomic E-state index is -3.34. The van der Waals surface area contributed by atoms with Crippen LogP contribution in [0.1, 0.15) is 58.3 Å². The van der Waals surface area contributed by atoms with Crippen LogP contribution in [0.4, 0.5) is 0 Å². The van der Waals surface area contributed by atoms with Crippen LogP contribution < -0.4 is 4.72 Å². The van der Waals surface area contributed by atoms with E-state index in [0.717, 1.165) is 25.7 Å². The molecule has 0 aromatic carbocycles. The highest BCUT2D eigenvalue weighted by molar-refractivity contribution is 7.87. The molecule has 1 unspecified atom stereocenters. The average Bonchev–Trinajstić information content (AvgIpc) is 2.72. The van der Waals surface area contributed by atoms with Gasteiger partial charge in [0, 0.05) is 25.2 Å². The molecule has 130 valence electrons. The van der Waals surface area contributed by atoms with Crippen LogP contribution in [0.3, 0.4) is 0 Å². The van der Waals surface area contributed by atoms with Gasteiger partial charge in [0.25, 0.3) is 10.2 Å². The fraction of sp³-hybridized carbons (Fsp3) is 1.00. The zero-order valence-electron chi connectivity index (χ0n) is 14.5. The average molecular weight is 332 g/mol. The molecule has 22 heavy (non-hydrogen) atoms. The first-order valence-electron chi connectivity index (χ1n) is 8.78. The summed E-state index contributed by atoms with van der Waals surface area (Å²) in [5, 5.41) is 0. The molecule has 5 nitrogen and oxygen atoms in total. The molecule has 1 N–H and O–H groups in total. The summed E-state index contributed by atoms with van der Waals surface area (Å²) in [5.74, 6) is 0.464. The summed E-state index contributed by atoms with van der Waals surface area (Å²) in [6.45, 7) is 3.99. The van der Waals surface area contributed by atoms with Gasteiger partial charge in [0.1, 0.15) is 0 Å². The van der Waals surface area contributed by atoms with Crippen LogP contribution in [0.25, 0.3) is 0 Å². The molecule has 6 heteroatoms. The predicted molar refractivity (Wildman–Crippen MR) is 91.0 cm³/mol. The van der Waals surface area contributed by atoms with E-state index in [0.29, 0.717) is 25.6 Å². The normalized spacial score (nSPS) is 27.7. The van der Waals surface area contributed by atoms with Crippen LogP contribution >= 0.6 is 0 Å². The number of hydrogen-bond acceptors (Lipinski definition) is 3.